The molecule has 150 valence electrons. The van der Waals surface area contributed by atoms with Crippen molar-refractivity contribution in [3.63, 3.8) is 0 Å². The van der Waals surface area contributed by atoms with Gasteiger partial charge in [0.05, 0.1) is 20.3 Å². The Hall–Kier alpha value is -1.22. The van der Waals surface area contributed by atoms with Crippen LogP contribution >= 0.6 is 0 Å². The summed E-state index contributed by atoms with van der Waals surface area (Å²) in [5.41, 5.74) is 1.02. The van der Waals surface area contributed by atoms with E-state index in [1.54, 1.807) is 7.11 Å². The molecule has 0 amide bonds. The van der Waals surface area contributed by atoms with Gasteiger partial charge in [0.1, 0.15) is 30.7 Å². The van der Waals surface area contributed by atoms with Gasteiger partial charge in [-0.1, -0.05) is 12.1 Å². The smallest absolute Gasteiger partial charge is 0.224 e. The molecule has 3 heterocycles. The van der Waals surface area contributed by atoms with Crippen LogP contribution in [0.5, 0.6) is 5.75 Å². The van der Waals surface area contributed by atoms with Gasteiger partial charge in [0.2, 0.25) is 5.79 Å². The molecule has 3 saturated heterocycles. The molecule has 7 heteroatoms. The normalized spacial score (nSPS) is 36.7. The van der Waals surface area contributed by atoms with Gasteiger partial charge in [-0.3, -0.25) is 0 Å². The van der Waals surface area contributed by atoms with Crippen LogP contribution in [0.2, 0.25) is 0 Å². The first-order valence-corrected chi connectivity index (χ1v) is 9.30. The first-order valence-electron chi connectivity index (χ1n) is 9.30. The minimum absolute atomic E-state index is 0.209. The summed E-state index contributed by atoms with van der Waals surface area (Å²) < 4.78 is 41.7. The van der Waals surface area contributed by atoms with Crippen LogP contribution in [0.3, 0.4) is 0 Å². The Morgan fingerprint density at radius 3 is 2.37 bits per heavy atom. The average molecular weight is 380 g/mol. The van der Waals surface area contributed by atoms with Crippen molar-refractivity contribution in [2.45, 2.75) is 70.0 Å². The molecule has 0 aliphatic carbocycles. The van der Waals surface area contributed by atoms with E-state index in [0.29, 0.717) is 13.2 Å². The van der Waals surface area contributed by atoms with E-state index in [-0.39, 0.29) is 18.8 Å². The summed E-state index contributed by atoms with van der Waals surface area (Å²) in [5.74, 6) is -1.65. The quantitative estimate of drug-likeness (QED) is 0.795. The Kier molecular flexibility index (Phi) is 4.73. The molecule has 1 spiro atoms. The van der Waals surface area contributed by atoms with Crippen LogP contribution in [0.15, 0.2) is 24.3 Å². The molecule has 4 rings (SSSR count). The van der Waals surface area contributed by atoms with Crippen LogP contribution in [0.25, 0.3) is 0 Å². The maximum Gasteiger partial charge on any atom is 0.224 e. The highest BCUT2D eigenvalue weighted by atomic mass is 16.9. The number of fused-ring (bicyclic) bond motifs is 1. The molecule has 0 saturated carbocycles. The third-order valence-corrected chi connectivity index (χ3v) is 5.07. The van der Waals surface area contributed by atoms with Gasteiger partial charge in [-0.15, -0.1) is 0 Å². The molecule has 0 radical (unpaired) electrons. The second-order valence-electron chi connectivity index (χ2n) is 8.13. The van der Waals surface area contributed by atoms with Crippen molar-refractivity contribution in [3.8, 4) is 5.75 Å². The van der Waals surface area contributed by atoms with Gasteiger partial charge < -0.3 is 33.2 Å². The molecule has 0 unspecified atom stereocenters. The lowest BCUT2D eigenvalue weighted by atomic mass is 9.97. The Morgan fingerprint density at radius 1 is 1.00 bits per heavy atom. The fourth-order valence-corrected chi connectivity index (χ4v) is 3.89. The molecule has 0 N–H and O–H groups in total. The Balaban J connectivity index is 1.55. The number of ether oxygens (including phenoxy) is 7. The second kappa shape index (κ2) is 6.69. The number of hydrogen-bond acceptors (Lipinski definition) is 7. The van der Waals surface area contributed by atoms with E-state index < -0.39 is 23.5 Å². The maximum absolute atomic E-state index is 6.31. The third kappa shape index (κ3) is 3.72. The summed E-state index contributed by atoms with van der Waals surface area (Å²) >= 11 is 0. The van der Waals surface area contributed by atoms with E-state index in [2.05, 4.69) is 0 Å². The number of methoxy groups -OCH3 is 1. The summed E-state index contributed by atoms with van der Waals surface area (Å²) in [6.07, 6.45) is -0.995. The number of benzene rings is 1. The first kappa shape index (κ1) is 19.1. The zero-order valence-electron chi connectivity index (χ0n) is 16.5. The molecule has 1 aromatic carbocycles. The Morgan fingerprint density at radius 2 is 1.74 bits per heavy atom. The Labute approximate surface area is 159 Å². The summed E-state index contributed by atoms with van der Waals surface area (Å²) in [6, 6.07) is 7.76. The van der Waals surface area contributed by atoms with Gasteiger partial charge in [0.15, 0.2) is 11.6 Å². The molecular formula is C20H28O7. The summed E-state index contributed by atoms with van der Waals surface area (Å²) in [5, 5.41) is 0. The van der Waals surface area contributed by atoms with Crippen molar-refractivity contribution in [3.05, 3.63) is 29.8 Å². The lowest BCUT2D eigenvalue weighted by molar-refractivity contribution is -0.336. The van der Waals surface area contributed by atoms with Crippen molar-refractivity contribution < 1.29 is 33.2 Å². The summed E-state index contributed by atoms with van der Waals surface area (Å²) in [7, 11) is 1.65. The van der Waals surface area contributed by atoms with Crippen molar-refractivity contribution in [1.82, 2.24) is 0 Å². The van der Waals surface area contributed by atoms with Gasteiger partial charge >= 0.3 is 0 Å². The molecule has 3 aliphatic heterocycles. The number of rotatable bonds is 4. The zero-order chi connectivity index (χ0) is 19.3. The number of hydrogen-bond donors (Lipinski definition) is 0. The molecule has 27 heavy (non-hydrogen) atoms. The largest absolute Gasteiger partial charge is 0.497 e. The second-order valence-corrected chi connectivity index (χ2v) is 8.13. The van der Waals surface area contributed by atoms with Crippen LogP contribution in [0, 0.1) is 0 Å². The van der Waals surface area contributed by atoms with E-state index in [0.717, 1.165) is 11.3 Å². The zero-order valence-corrected chi connectivity index (χ0v) is 16.5. The van der Waals surface area contributed by atoms with Gasteiger partial charge in [-0.2, -0.15) is 0 Å². The molecule has 4 atom stereocenters. The highest BCUT2D eigenvalue weighted by Crippen LogP contribution is 2.45. The lowest BCUT2D eigenvalue weighted by Crippen LogP contribution is -2.62. The minimum atomic E-state index is -1.01. The molecule has 1 aromatic rings. The highest BCUT2D eigenvalue weighted by molar-refractivity contribution is 5.26. The fourth-order valence-electron chi connectivity index (χ4n) is 3.89. The minimum Gasteiger partial charge on any atom is -0.497 e. The predicted molar refractivity (Wildman–Crippen MR) is 95.2 cm³/mol. The van der Waals surface area contributed by atoms with Gasteiger partial charge in [-0.05, 0) is 45.4 Å². The van der Waals surface area contributed by atoms with Gasteiger partial charge in [-0.25, -0.2) is 0 Å². The van der Waals surface area contributed by atoms with Crippen LogP contribution in [0.1, 0.15) is 33.3 Å². The molecular weight excluding hydrogens is 352 g/mol. The SMILES string of the molecule is COc1ccc(CO[C@H]2[C@@H]3OC(C)(C)O[C@@H]3CO[C@@]23COC(C)(C)O3)cc1. The monoisotopic (exact) mass is 380 g/mol. The average Bonchev–Trinajstić information content (AvgIpc) is 3.10. The van der Waals surface area contributed by atoms with E-state index >= 15 is 0 Å². The van der Waals surface area contributed by atoms with Gasteiger partial charge in [0.25, 0.3) is 0 Å². The van der Waals surface area contributed by atoms with Gasteiger partial charge in [0, 0.05) is 0 Å². The van der Waals surface area contributed by atoms with Crippen LogP contribution in [0.4, 0.5) is 0 Å². The van der Waals surface area contributed by atoms with Crippen LogP contribution in [-0.4, -0.2) is 56.0 Å². The first-order chi connectivity index (χ1) is 12.7. The molecule has 0 aromatic heterocycles. The van der Waals surface area contributed by atoms with Crippen LogP contribution in [-0.2, 0) is 35.0 Å². The fraction of sp³-hybridized carbons (Fsp3) is 0.700. The third-order valence-electron chi connectivity index (χ3n) is 5.07. The summed E-state index contributed by atoms with van der Waals surface area (Å²) in [4.78, 5) is 0. The summed E-state index contributed by atoms with van der Waals surface area (Å²) in [6.45, 7) is 8.57. The maximum atomic E-state index is 6.31. The van der Waals surface area contributed by atoms with Crippen molar-refractivity contribution >= 4 is 0 Å². The molecule has 7 nitrogen and oxygen atoms in total. The van der Waals surface area contributed by atoms with Crippen molar-refractivity contribution in [2.24, 2.45) is 0 Å². The molecule has 3 fully saturated rings. The van der Waals surface area contributed by atoms with Crippen molar-refractivity contribution in [2.75, 3.05) is 20.3 Å². The van der Waals surface area contributed by atoms with E-state index in [1.165, 1.54) is 0 Å². The lowest BCUT2D eigenvalue weighted by Gasteiger charge is -2.43. The predicted octanol–water partition coefficient (Wildman–Crippen LogP) is 2.61. The van der Waals surface area contributed by atoms with E-state index in [1.807, 2.05) is 52.0 Å². The molecule has 3 aliphatic rings. The standard InChI is InChI=1S/C20H28O7/c1-18(2)24-12-20(27-18)17(16-15(11-23-20)25-19(3,4)26-16)22-10-13-6-8-14(21-5)9-7-13/h6-9,15-17H,10-12H2,1-5H3/t15-,16-,17+,20-/m1/s1. The van der Waals surface area contributed by atoms with Crippen molar-refractivity contribution in [1.29, 1.82) is 0 Å². The van der Waals surface area contributed by atoms with E-state index in [4.69, 9.17) is 33.2 Å². The molecule has 0 bridgehead atoms. The highest BCUT2D eigenvalue weighted by Gasteiger charge is 2.63. The van der Waals surface area contributed by atoms with E-state index in [9.17, 15) is 0 Å². The Bertz CT molecular complexity index is 669. The topological polar surface area (TPSA) is 64.6 Å². The van der Waals surface area contributed by atoms with Crippen LogP contribution < -0.4 is 4.74 Å².